The number of rotatable bonds is 7. The van der Waals surface area contributed by atoms with Crippen LogP contribution in [0.3, 0.4) is 0 Å². The first-order valence-electron chi connectivity index (χ1n) is 13.7. The third-order valence-corrected chi connectivity index (χ3v) is 8.68. The Kier molecular flexibility index (Phi) is 9.17. The van der Waals surface area contributed by atoms with Gasteiger partial charge in [0.2, 0.25) is 0 Å². The van der Waals surface area contributed by atoms with Crippen LogP contribution in [-0.2, 0) is 20.6 Å². The summed E-state index contributed by atoms with van der Waals surface area (Å²) in [5, 5.41) is 1.25. The Morgan fingerprint density at radius 3 is 2.23 bits per heavy atom. The number of carbonyl (C=O) groups excluding carboxylic acids is 1. The number of nitrogens with zero attached hydrogens (tertiary/aromatic N) is 1. The number of allylic oxidation sites excluding steroid dienone is 1. The molecule has 210 valence electrons. The number of benzene rings is 3. The van der Waals surface area contributed by atoms with Gasteiger partial charge in [-0.15, -0.1) is 0 Å². The van der Waals surface area contributed by atoms with Crippen molar-refractivity contribution in [3.8, 4) is 0 Å². The fraction of sp³-hybridized carbons (Fsp3) is 0.364. The Hall–Kier alpha value is -2.83. The quantitative estimate of drug-likeness (QED) is 0.210. The molecule has 1 aliphatic carbocycles. The minimum Gasteiger partial charge on any atom is -0.465 e. The van der Waals surface area contributed by atoms with Crippen molar-refractivity contribution in [1.82, 2.24) is 0 Å². The van der Waals surface area contributed by atoms with Crippen LogP contribution in [-0.4, -0.2) is 46.7 Å². The molecule has 7 heteroatoms. The van der Waals surface area contributed by atoms with E-state index in [0.717, 1.165) is 73.0 Å². The normalized spacial score (nSPS) is 16.2. The Labute approximate surface area is 246 Å². The zero-order valence-corrected chi connectivity index (χ0v) is 24.7. The van der Waals surface area contributed by atoms with E-state index >= 15 is 0 Å². The van der Waals surface area contributed by atoms with E-state index in [1.807, 2.05) is 30.3 Å². The molecule has 0 unspecified atom stereocenters. The highest BCUT2D eigenvalue weighted by atomic mass is 35.5. The molecule has 0 radical (unpaired) electrons. The van der Waals surface area contributed by atoms with E-state index in [2.05, 4.69) is 29.2 Å². The second-order valence-corrected chi connectivity index (χ2v) is 11.2. The highest BCUT2D eigenvalue weighted by molar-refractivity contribution is 6.36. The minimum absolute atomic E-state index is 0.149. The molecule has 3 aromatic carbocycles. The van der Waals surface area contributed by atoms with Gasteiger partial charge >= 0.3 is 5.97 Å². The van der Waals surface area contributed by atoms with Gasteiger partial charge in [-0.05, 0) is 102 Å². The lowest BCUT2D eigenvalue weighted by atomic mass is 9.87. The SMILES string of the molecule is COC(=O)c1ccc2c(c1)CCCC(c1ccc(Cl)cc1Cl)=C2c1ccc(N2CCC(C(OC)OC)CC2)cc1. The van der Waals surface area contributed by atoms with Gasteiger partial charge in [-0.25, -0.2) is 4.79 Å². The number of hydrogen-bond acceptors (Lipinski definition) is 5. The van der Waals surface area contributed by atoms with Crippen molar-refractivity contribution in [2.75, 3.05) is 39.3 Å². The Bertz CT molecular complexity index is 1390. The van der Waals surface area contributed by atoms with Crippen LogP contribution in [0.5, 0.6) is 0 Å². The molecule has 3 aromatic rings. The van der Waals surface area contributed by atoms with Crippen LogP contribution >= 0.6 is 23.2 Å². The maximum absolute atomic E-state index is 12.3. The predicted molar refractivity (Wildman–Crippen MR) is 162 cm³/mol. The molecule has 0 atom stereocenters. The third kappa shape index (κ3) is 5.94. The number of piperidine rings is 1. The first-order chi connectivity index (χ1) is 19.4. The standard InChI is InChI=1S/C33H35Cl2NO4/c1-38-32(37)24-9-13-27-23(19-24)5-4-6-29(28-14-10-25(34)20-30(28)35)31(27)21-7-11-26(12-8-21)36-17-15-22(16-18-36)33(39-2)40-3/h7-14,19-20,22,33H,4-6,15-18H2,1-3H3. The monoisotopic (exact) mass is 579 g/mol. The minimum atomic E-state index is -0.325. The molecule has 5 rings (SSSR count). The smallest absolute Gasteiger partial charge is 0.337 e. The van der Waals surface area contributed by atoms with Gasteiger partial charge in [-0.1, -0.05) is 47.5 Å². The average Bonchev–Trinajstić information content (AvgIpc) is 3.17. The van der Waals surface area contributed by atoms with Crippen molar-refractivity contribution in [2.45, 2.75) is 38.4 Å². The summed E-state index contributed by atoms with van der Waals surface area (Å²) in [6, 6.07) is 20.4. The molecule has 0 bridgehead atoms. The number of methoxy groups -OCH3 is 3. The molecule has 0 saturated carbocycles. The van der Waals surface area contributed by atoms with Gasteiger partial charge < -0.3 is 19.1 Å². The van der Waals surface area contributed by atoms with E-state index < -0.39 is 0 Å². The van der Waals surface area contributed by atoms with Crippen LogP contribution in [0.4, 0.5) is 5.69 Å². The summed E-state index contributed by atoms with van der Waals surface area (Å²) in [5.74, 6) is 0.0775. The number of anilines is 1. The third-order valence-electron chi connectivity index (χ3n) is 8.14. The van der Waals surface area contributed by atoms with Crippen LogP contribution in [0.25, 0.3) is 11.1 Å². The summed E-state index contributed by atoms with van der Waals surface area (Å²) >= 11 is 13.0. The summed E-state index contributed by atoms with van der Waals surface area (Å²) in [4.78, 5) is 14.7. The Morgan fingerprint density at radius 1 is 0.875 bits per heavy atom. The fourth-order valence-electron chi connectivity index (χ4n) is 6.12. The van der Waals surface area contributed by atoms with Gasteiger partial charge in [-0.3, -0.25) is 0 Å². The van der Waals surface area contributed by atoms with E-state index in [9.17, 15) is 4.79 Å². The van der Waals surface area contributed by atoms with Crippen molar-refractivity contribution < 1.29 is 19.0 Å². The number of esters is 1. The first kappa shape index (κ1) is 28.7. The lowest BCUT2D eigenvalue weighted by Gasteiger charge is -2.36. The summed E-state index contributed by atoms with van der Waals surface area (Å²) in [6.45, 7) is 1.92. The van der Waals surface area contributed by atoms with E-state index in [4.69, 9.17) is 37.4 Å². The van der Waals surface area contributed by atoms with Crippen molar-refractivity contribution in [2.24, 2.45) is 5.92 Å². The zero-order valence-electron chi connectivity index (χ0n) is 23.2. The van der Waals surface area contributed by atoms with Crippen LogP contribution < -0.4 is 4.90 Å². The largest absolute Gasteiger partial charge is 0.465 e. The van der Waals surface area contributed by atoms with Crippen molar-refractivity contribution in [1.29, 1.82) is 0 Å². The fourth-order valence-corrected chi connectivity index (χ4v) is 6.64. The average molecular weight is 581 g/mol. The van der Waals surface area contributed by atoms with Crippen molar-refractivity contribution in [3.05, 3.63) is 98.5 Å². The molecule has 0 amide bonds. The number of aryl methyl sites for hydroxylation is 1. The predicted octanol–water partition coefficient (Wildman–Crippen LogP) is 7.91. The summed E-state index contributed by atoms with van der Waals surface area (Å²) in [7, 11) is 4.83. The molecule has 0 aromatic heterocycles. The Balaban J connectivity index is 1.53. The zero-order chi connectivity index (χ0) is 28.2. The molecule has 1 saturated heterocycles. The Morgan fingerprint density at radius 2 is 1.57 bits per heavy atom. The van der Waals surface area contributed by atoms with Crippen molar-refractivity contribution >= 4 is 46.0 Å². The van der Waals surface area contributed by atoms with Crippen LogP contribution in [0.2, 0.25) is 10.0 Å². The van der Waals surface area contributed by atoms with Gasteiger partial charge in [0.1, 0.15) is 0 Å². The second kappa shape index (κ2) is 12.8. The molecule has 1 heterocycles. The highest BCUT2D eigenvalue weighted by Gasteiger charge is 2.27. The summed E-state index contributed by atoms with van der Waals surface area (Å²) in [6.07, 6.45) is 4.54. The van der Waals surface area contributed by atoms with E-state index in [1.54, 1.807) is 20.3 Å². The lowest BCUT2D eigenvalue weighted by Crippen LogP contribution is -2.39. The molecule has 0 spiro atoms. The molecule has 1 aliphatic heterocycles. The van der Waals surface area contributed by atoms with Gasteiger partial charge in [0.05, 0.1) is 12.7 Å². The number of ether oxygens (including phenoxy) is 3. The molecular weight excluding hydrogens is 545 g/mol. The molecule has 40 heavy (non-hydrogen) atoms. The molecule has 1 fully saturated rings. The topological polar surface area (TPSA) is 48.0 Å². The van der Waals surface area contributed by atoms with E-state index in [-0.39, 0.29) is 12.3 Å². The van der Waals surface area contributed by atoms with Gasteiger partial charge in [0.15, 0.2) is 6.29 Å². The molecule has 5 nitrogen and oxygen atoms in total. The first-order valence-corrected chi connectivity index (χ1v) is 14.5. The number of carbonyl (C=O) groups is 1. The molecular formula is C33H35Cl2NO4. The van der Waals surface area contributed by atoms with Crippen molar-refractivity contribution in [3.63, 3.8) is 0 Å². The van der Waals surface area contributed by atoms with Crippen LogP contribution in [0.1, 0.15) is 58.3 Å². The molecule has 2 aliphatic rings. The van der Waals surface area contributed by atoms with Crippen LogP contribution in [0, 0.1) is 5.92 Å². The van der Waals surface area contributed by atoms with Gasteiger partial charge in [0.25, 0.3) is 0 Å². The molecule has 0 N–H and O–H groups in total. The van der Waals surface area contributed by atoms with Crippen LogP contribution in [0.15, 0.2) is 60.7 Å². The number of fused-ring (bicyclic) bond motifs is 1. The van der Waals surface area contributed by atoms with Gasteiger partial charge in [-0.2, -0.15) is 0 Å². The van der Waals surface area contributed by atoms with E-state index in [0.29, 0.717) is 21.5 Å². The second-order valence-electron chi connectivity index (χ2n) is 10.4. The maximum atomic E-state index is 12.3. The number of halogens is 2. The summed E-state index contributed by atoms with van der Waals surface area (Å²) < 4.78 is 16.0. The van der Waals surface area contributed by atoms with Gasteiger partial charge in [0, 0.05) is 49.0 Å². The lowest BCUT2D eigenvalue weighted by molar-refractivity contribution is -0.141. The maximum Gasteiger partial charge on any atom is 0.337 e. The highest BCUT2D eigenvalue weighted by Crippen LogP contribution is 2.43. The van der Waals surface area contributed by atoms with E-state index in [1.165, 1.54) is 18.4 Å². The summed E-state index contributed by atoms with van der Waals surface area (Å²) in [5.41, 5.74) is 8.45. The number of hydrogen-bond donors (Lipinski definition) is 0.